The van der Waals surface area contributed by atoms with Crippen molar-refractivity contribution in [3.8, 4) is 11.5 Å². The lowest BCUT2D eigenvalue weighted by Gasteiger charge is -2.30. The van der Waals surface area contributed by atoms with Crippen molar-refractivity contribution < 1.29 is 22.7 Å². The summed E-state index contributed by atoms with van der Waals surface area (Å²) in [6.45, 7) is 4.49. The lowest BCUT2D eigenvalue weighted by molar-refractivity contribution is 0.0682. The Kier molecular flexibility index (Phi) is 8.57. The number of nitrogens with zero attached hydrogens (tertiary/aromatic N) is 1. The molecule has 33 heavy (non-hydrogen) atoms. The Hall–Kier alpha value is -2.78. The maximum atomic E-state index is 13.4. The third-order valence-electron chi connectivity index (χ3n) is 5.75. The minimum absolute atomic E-state index is 0.0371. The molecule has 0 aromatic heterocycles. The predicted octanol–water partition coefficient (Wildman–Crippen LogP) is 3.50. The summed E-state index contributed by atoms with van der Waals surface area (Å²) in [6, 6.07) is 11.2. The van der Waals surface area contributed by atoms with Crippen LogP contribution >= 0.6 is 0 Å². The number of rotatable bonds is 9. The highest BCUT2D eigenvalue weighted by molar-refractivity contribution is 7.92. The van der Waals surface area contributed by atoms with Crippen molar-refractivity contribution in [2.24, 2.45) is 0 Å². The lowest BCUT2D eigenvalue weighted by atomic mass is 10.1. The first kappa shape index (κ1) is 24.9. The van der Waals surface area contributed by atoms with Gasteiger partial charge in [-0.15, -0.1) is 0 Å². The molecule has 9 heteroatoms. The molecule has 3 rings (SSSR count). The van der Waals surface area contributed by atoms with Crippen molar-refractivity contribution in [3.63, 3.8) is 0 Å². The topological polar surface area (TPSA) is 97.0 Å². The number of hydrogen-bond donors (Lipinski definition) is 2. The standard InChI is InChI=1S/C24H33N3O5S/c1-4-5-10-20-17-25-13-7-14-27(20)24(28)18-8-6-9-19(15-18)26-33(29,30)21-11-12-22(31-2)23(16-21)32-3/h6,8-9,11-12,15-16,20,25-26H,4-5,7,10,13-14,17H2,1-3H3. The van der Waals surface area contributed by atoms with Gasteiger partial charge in [0, 0.05) is 36.4 Å². The number of benzene rings is 2. The van der Waals surface area contributed by atoms with E-state index in [0.29, 0.717) is 29.3 Å². The molecule has 1 atom stereocenters. The van der Waals surface area contributed by atoms with E-state index < -0.39 is 10.0 Å². The van der Waals surface area contributed by atoms with Gasteiger partial charge in [0.25, 0.3) is 15.9 Å². The Balaban J connectivity index is 1.82. The number of amides is 1. The monoisotopic (exact) mass is 475 g/mol. The molecule has 1 saturated heterocycles. The minimum Gasteiger partial charge on any atom is -0.493 e. The molecule has 180 valence electrons. The number of carbonyl (C=O) groups excluding carboxylic acids is 1. The van der Waals surface area contributed by atoms with E-state index in [9.17, 15) is 13.2 Å². The third kappa shape index (κ3) is 6.17. The Morgan fingerprint density at radius 1 is 1.15 bits per heavy atom. The zero-order chi connectivity index (χ0) is 23.8. The van der Waals surface area contributed by atoms with E-state index in [2.05, 4.69) is 17.0 Å². The first-order chi connectivity index (χ1) is 15.9. The zero-order valence-electron chi connectivity index (χ0n) is 19.5. The Morgan fingerprint density at radius 3 is 2.67 bits per heavy atom. The van der Waals surface area contributed by atoms with Crippen LogP contribution in [-0.2, 0) is 10.0 Å². The SMILES string of the molecule is CCCCC1CNCCCN1C(=O)c1cccc(NS(=O)(=O)c2ccc(OC)c(OC)c2)c1. The minimum atomic E-state index is -3.89. The van der Waals surface area contributed by atoms with Crippen LogP contribution in [0, 0.1) is 0 Å². The first-order valence-electron chi connectivity index (χ1n) is 11.3. The van der Waals surface area contributed by atoms with Crippen LogP contribution in [0.5, 0.6) is 11.5 Å². The van der Waals surface area contributed by atoms with Crippen LogP contribution in [0.4, 0.5) is 5.69 Å². The van der Waals surface area contributed by atoms with Gasteiger partial charge >= 0.3 is 0 Å². The fourth-order valence-corrected chi connectivity index (χ4v) is 5.04. The van der Waals surface area contributed by atoms with E-state index >= 15 is 0 Å². The largest absolute Gasteiger partial charge is 0.493 e. The lowest BCUT2D eigenvalue weighted by Crippen LogP contribution is -2.43. The molecule has 1 fully saturated rings. The van der Waals surface area contributed by atoms with Crippen LogP contribution < -0.4 is 19.5 Å². The van der Waals surface area contributed by atoms with Crippen LogP contribution in [0.1, 0.15) is 43.0 Å². The highest BCUT2D eigenvalue weighted by Crippen LogP contribution is 2.30. The first-order valence-corrected chi connectivity index (χ1v) is 12.7. The van der Waals surface area contributed by atoms with Gasteiger partial charge in [0.05, 0.1) is 19.1 Å². The van der Waals surface area contributed by atoms with Gasteiger partial charge in [-0.2, -0.15) is 0 Å². The van der Waals surface area contributed by atoms with Gasteiger partial charge in [0.15, 0.2) is 11.5 Å². The third-order valence-corrected chi connectivity index (χ3v) is 7.13. The molecule has 1 aliphatic heterocycles. The van der Waals surface area contributed by atoms with E-state index in [1.165, 1.54) is 32.4 Å². The van der Waals surface area contributed by atoms with Gasteiger partial charge in [-0.05, 0) is 49.7 Å². The Labute approximate surface area is 196 Å². The van der Waals surface area contributed by atoms with Gasteiger partial charge in [0.1, 0.15) is 0 Å². The normalized spacial score (nSPS) is 16.7. The fraction of sp³-hybridized carbons (Fsp3) is 0.458. The summed E-state index contributed by atoms with van der Waals surface area (Å²) in [5.74, 6) is 0.678. The summed E-state index contributed by atoms with van der Waals surface area (Å²) in [5.41, 5.74) is 0.791. The molecule has 1 aliphatic rings. The summed E-state index contributed by atoms with van der Waals surface area (Å²) in [4.78, 5) is 15.3. The van der Waals surface area contributed by atoms with E-state index in [-0.39, 0.29) is 16.8 Å². The average molecular weight is 476 g/mol. The van der Waals surface area contributed by atoms with Crippen LogP contribution in [-0.4, -0.2) is 59.1 Å². The van der Waals surface area contributed by atoms with E-state index in [4.69, 9.17) is 9.47 Å². The van der Waals surface area contributed by atoms with Gasteiger partial charge < -0.3 is 19.7 Å². The van der Waals surface area contributed by atoms with Gasteiger partial charge in [-0.1, -0.05) is 25.8 Å². The molecule has 0 bridgehead atoms. The maximum absolute atomic E-state index is 13.4. The van der Waals surface area contributed by atoms with E-state index in [1.807, 2.05) is 4.90 Å². The Morgan fingerprint density at radius 2 is 1.94 bits per heavy atom. The zero-order valence-corrected chi connectivity index (χ0v) is 20.3. The van der Waals surface area contributed by atoms with Crippen molar-refractivity contribution in [2.45, 2.75) is 43.5 Å². The summed E-state index contributed by atoms with van der Waals surface area (Å²) in [5, 5.41) is 3.42. The predicted molar refractivity (Wildman–Crippen MR) is 129 cm³/mol. The number of hydrogen-bond acceptors (Lipinski definition) is 6. The molecule has 1 heterocycles. The molecule has 0 spiro atoms. The number of methoxy groups -OCH3 is 2. The quantitative estimate of drug-likeness (QED) is 0.576. The van der Waals surface area contributed by atoms with Crippen molar-refractivity contribution in [2.75, 3.05) is 38.6 Å². The number of sulfonamides is 1. The number of anilines is 1. The maximum Gasteiger partial charge on any atom is 0.262 e. The van der Waals surface area contributed by atoms with E-state index in [0.717, 1.165) is 38.8 Å². The number of ether oxygens (including phenoxy) is 2. The number of carbonyl (C=O) groups is 1. The molecule has 0 aliphatic carbocycles. The van der Waals surface area contributed by atoms with Crippen LogP contribution in [0.25, 0.3) is 0 Å². The molecule has 0 radical (unpaired) electrons. The second-order valence-electron chi connectivity index (χ2n) is 8.06. The molecule has 2 aromatic carbocycles. The van der Waals surface area contributed by atoms with Crippen LogP contribution in [0.15, 0.2) is 47.4 Å². The van der Waals surface area contributed by atoms with E-state index in [1.54, 1.807) is 24.3 Å². The molecule has 1 unspecified atom stereocenters. The van der Waals surface area contributed by atoms with Gasteiger partial charge in [-0.25, -0.2) is 8.42 Å². The van der Waals surface area contributed by atoms with Crippen molar-refractivity contribution in [1.82, 2.24) is 10.2 Å². The summed E-state index contributed by atoms with van der Waals surface area (Å²) in [6.07, 6.45) is 3.97. The van der Waals surface area contributed by atoms with Crippen LogP contribution in [0.2, 0.25) is 0 Å². The fourth-order valence-electron chi connectivity index (χ4n) is 3.98. The van der Waals surface area contributed by atoms with Gasteiger partial charge in [0.2, 0.25) is 0 Å². The average Bonchev–Trinajstić information content (AvgIpc) is 3.07. The molecular formula is C24H33N3O5S. The summed E-state index contributed by atoms with van der Waals surface area (Å²) in [7, 11) is -0.954. The Bertz CT molecular complexity index is 1060. The smallest absolute Gasteiger partial charge is 0.262 e. The second kappa shape index (κ2) is 11.4. The van der Waals surface area contributed by atoms with Crippen LogP contribution in [0.3, 0.4) is 0 Å². The molecule has 8 nitrogen and oxygen atoms in total. The molecule has 1 amide bonds. The van der Waals surface area contributed by atoms with Crippen molar-refractivity contribution >= 4 is 21.6 Å². The van der Waals surface area contributed by atoms with Crippen molar-refractivity contribution in [3.05, 3.63) is 48.0 Å². The molecule has 2 N–H and O–H groups in total. The van der Waals surface area contributed by atoms with Gasteiger partial charge in [-0.3, -0.25) is 9.52 Å². The molecule has 2 aromatic rings. The summed E-state index contributed by atoms with van der Waals surface area (Å²) < 4.78 is 38.9. The molecular weight excluding hydrogens is 442 g/mol. The summed E-state index contributed by atoms with van der Waals surface area (Å²) >= 11 is 0. The van der Waals surface area contributed by atoms with Crippen molar-refractivity contribution in [1.29, 1.82) is 0 Å². The molecule has 0 saturated carbocycles. The number of unbranched alkanes of at least 4 members (excludes halogenated alkanes) is 1. The second-order valence-corrected chi connectivity index (χ2v) is 9.74. The highest BCUT2D eigenvalue weighted by atomic mass is 32.2. The number of nitrogens with one attached hydrogen (secondary N) is 2. The highest BCUT2D eigenvalue weighted by Gasteiger charge is 2.26.